The summed E-state index contributed by atoms with van der Waals surface area (Å²) in [6, 6.07) is 39.1. The van der Waals surface area contributed by atoms with E-state index in [2.05, 4.69) is 191 Å². The standard InChI is InChI=1S/C58H51N/c1-37(2)51-36-47(27-28-50(51)48-22-12-7-9-16-38(48)3)59-55-30-25-42(40-17-10-8-11-18-40)34-52(55)53-35-43(26-31-56(53)59)41-24-29-54-45(32-41)20-15-21-46-33-44-19-13-14-23-49(44)57(46)39(4)58(54,5)6/h7-11,14-18,21-32,34-37H,4,13,19-20,33H2,1-3,5-6H3/b21-15-. The van der Waals surface area contributed by atoms with E-state index in [0.717, 1.165) is 25.7 Å². The van der Waals surface area contributed by atoms with E-state index >= 15 is 0 Å². The molecule has 59 heavy (non-hydrogen) atoms. The van der Waals surface area contributed by atoms with E-state index in [0.29, 0.717) is 5.92 Å². The molecule has 10 rings (SSSR count). The lowest BCUT2D eigenvalue weighted by atomic mass is 9.71. The molecule has 5 aromatic carbocycles. The lowest BCUT2D eigenvalue weighted by Crippen LogP contribution is -2.23. The van der Waals surface area contributed by atoms with E-state index in [1.807, 2.05) is 6.08 Å². The summed E-state index contributed by atoms with van der Waals surface area (Å²) in [4.78, 5) is 0. The molecule has 1 nitrogen and oxygen atoms in total. The first-order valence-corrected chi connectivity index (χ1v) is 21.4. The summed E-state index contributed by atoms with van der Waals surface area (Å²) in [5, 5.41) is 2.52. The van der Waals surface area contributed by atoms with Crippen molar-refractivity contribution in [3.05, 3.63) is 220 Å². The highest BCUT2D eigenvalue weighted by Gasteiger charge is 2.35. The van der Waals surface area contributed by atoms with Crippen LogP contribution in [-0.2, 0) is 11.8 Å². The molecule has 4 aliphatic carbocycles. The van der Waals surface area contributed by atoms with E-state index in [-0.39, 0.29) is 5.41 Å². The Hall–Kier alpha value is -6.40. The van der Waals surface area contributed by atoms with E-state index < -0.39 is 0 Å². The first kappa shape index (κ1) is 36.9. The number of fused-ring (bicyclic) bond motifs is 5. The Balaban J connectivity index is 1.11. The quantitative estimate of drug-likeness (QED) is 0.154. The number of allylic oxidation sites excluding steroid dienone is 14. The first-order chi connectivity index (χ1) is 28.7. The van der Waals surface area contributed by atoms with Gasteiger partial charge in [-0.15, -0.1) is 5.73 Å². The lowest BCUT2D eigenvalue weighted by Gasteiger charge is -2.32. The van der Waals surface area contributed by atoms with Gasteiger partial charge in [-0.25, -0.2) is 0 Å². The van der Waals surface area contributed by atoms with E-state index in [9.17, 15) is 0 Å². The molecule has 0 N–H and O–H groups in total. The van der Waals surface area contributed by atoms with Gasteiger partial charge in [-0.1, -0.05) is 143 Å². The highest BCUT2D eigenvalue weighted by molar-refractivity contribution is 6.11. The van der Waals surface area contributed by atoms with Gasteiger partial charge in [0.2, 0.25) is 0 Å². The molecule has 0 saturated heterocycles. The summed E-state index contributed by atoms with van der Waals surface area (Å²) in [6.45, 7) is 16.4. The molecule has 0 atom stereocenters. The van der Waals surface area contributed by atoms with Gasteiger partial charge in [-0.3, -0.25) is 0 Å². The van der Waals surface area contributed by atoms with Crippen molar-refractivity contribution < 1.29 is 0 Å². The lowest BCUT2D eigenvalue weighted by molar-refractivity contribution is 0.628. The molecule has 0 saturated carbocycles. The van der Waals surface area contributed by atoms with Crippen LogP contribution in [0.2, 0.25) is 0 Å². The van der Waals surface area contributed by atoms with Crippen molar-refractivity contribution in [1.29, 1.82) is 0 Å². The molecule has 6 aromatic rings. The highest BCUT2D eigenvalue weighted by Crippen LogP contribution is 2.49. The van der Waals surface area contributed by atoms with Crippen LogP contribution in [0, 0.1) is 0 Å². The van der Waals surface area contributed by atoms with Gasteiger partial charge in [0.15, 0.2) is 0 Å². The third kappa shape index (κ3) is 6.24. The summed E-state index contributed by atoms with van der Waals surface area (Å²) < 4.78 is 2.47. The van der Waals surface area contributed by atoms with Crippen LogP contribution < -0.4 is 0 Å². The van der Waals surface area contributed by atoms with Crippen LogP contribution in [0.25, 0.3) is 55.3 Å². The fourth-order valence-corrected chi connectivity index (χ4v) is 10.1. The van der Waals surface area contributed by atoms with Crippen molar-refractivity contribution in [2.24, 2.45) is 0 Å². The van der Waals surface area contributed by atoms with Gasteiger partial charge in [0.05, 0.1) is 11.0 Å². The maximum atomic E-state index is 4.82. The normalized spacial score (nSPS) is 17.7. The Morgan fingerprint density at radius 3 is 2.22 bits per heavy atom. The van der Waals surface area contributed by atoms with Crippen LogP contribution in [0.5, 0.6) is 0 Å². The zero-order valence-corrected chi connectivity index (χ0v) is 35.0. The number of aromatic nitrogens is 1. The second-order valence-corrected chi connectivity index (χ2v) is 17.6. The Bertz CT molecular complexity index is 3020. The molecule has 288 valence electrons. The largest absolute Gasteiger partial charge is 0.309 e. The topological polar surface area (TPSA) is 4.93 Å². The highest BCUT2D eigenvalue weighted by atomic mass is 15.0. The van der Waals surface area contributed by atoms with Crippen molar-refractivity contribution in [3.63, 3.8) is 0 Å². The molecule has 4 aliphatic rings. The average molecular weight is 762 g/mol. The molecule has 0 amide bonds. The van der Waals surface area contributed by atoms with Gasteiger partial charge < -0.3 is 4.57 Å². The third-order valence-electron chi connectivity index (χ3n) is 13.4. The molecule has 0 fully saturated rings. The van der Waals surface area contributed by atoms with Crippen molar-refractivity contribution >= 4 is 27.4 Å². The monoisotopic (exact) mass is 761 g/mol. The minimum Gasteiger partial charge on any atom is -0.309 e. The minimum absolute atomic E-state index is 0.209. The van der Waals surface area contributed by atoms with E-state index in [1.165, 1.54) is 105 Å². The fraction of sp³-hybridized carbons (Fsp3) is 0.190. The van der Waals surface area contributed by atoms with Crippen molar-refractivity contribution in [1.82, 2.24) is 4.57 Å². The van der Waals surface area contributed by atoms with Crippen molar-refractivity contribution in [3.8, 4) is 27.9 Å². The zero-order valence-electron chi connectivity index (χ0n) is 35.0. The molecule has 1 aromatic heterocycles. The molecular formula is C58H51N. The molecular weight excluding hydrogens is 711 g/mol. The molecule has 1 heterocycles. The molecule has 0 radical (unpaired) electrons. The van der Waals surface area contributed by atoms with Gasteiger partial charge in [0.1, 0.15) is 0 Å². The third-order valence-corrected chi connectivity index (χ3v) is 13.4. The van der Waals surface area contributed by atoms with Gasteiger partial charge in [-0.05, 0) is 165 Å². The summed E-state index contributed by atoms with van der Waals surface area (Å²) >= 11 is 0. The number of benzene rings is 5. The maximum absolute atomic E-state index is 4.82. The summed E-state index contributed by atoms with van der Waals surface area (Å²) in [7, 11) is 0. The van der Waals surface area contributed by atoms with Crippen LogP contribution in [0.1, 0.15) is 82.1 Å². The maximum Gasteiger partial charge on any atom is 0.0541 e. The molecule has 0 bridgehead atoms. The predicted octanol–water partition coefficient (Wildman–Crippen LogP) is 15.6. The number of hydrogen-bond donors (Lipinski definition) is 0. The molecule has 0 aliphatic heterocycles. The van der Waals surface area contributed by atoms with Gasteiger partial charge in [0, 0.05) is 21.9 Å². The molecule has 1 heteroatoms. The predicted molar refractivity (Wildman–Crippen MR) is 252 cm³/mol. The Labute approximate surface area is 349 Å². The van der Waals surface area contributed by atoms with Crippen LogP contribution in [0.3, 0.4) is 0 Å². The summed E-state index contributed by atoms with van der Waals surface area (Å²) in [5.41, 5.74) is 26.5. The van der Waals surface area contributed by atoms with E-state index in [4.69, 9.17) is 6.58 Å². The number of hydrogen-bond acceptors (Lipinski definition) is 0. The fourth-order valence-electron chi connectivity index (χ4n) is 10.1. The van der Waals surface area contributed by atoms with Gasteiger partial charge in [-0.2, -0.15) is 0 Å². The van der Waals surface area contributed by atoms with Crippen molar-refractivity contribution in [2.75, 3.05) is 0 Å². The number of rotatable bonds is 5. The van der Waals surface area contributed by atoms with Crippen molar-refractivity contribution in [2.45, 2.75) is 71.6 Å². The molecule has 0 unspecified atom stereocenters. The Morgan fingerprint density at radius 1 is 0.729 bits per heavy atom. The average Bonchev–Trinajstić information content (AvgIpc) is 3.70. The summed E-state index contributed by atoms with van der Waals surface area (Å²) in [6.07, 6.45) is 22.1. The summed E-state index contributed by atoms with van der Waals surface area (Å²) in [5.74, 6) is 0.341. The Morgan fingerprint density at radius 2 is 1.46 bits per heavy atom. The zero-order chi connectivity index (χ0) is 40.4. The Kier molecular flexibility index (Phi) is 9.04. The number of nitrogens with zero attached hydrogens (tertiary/aromatic N) is 1. The second-order valence-electron chi connectivity index (χ2n) is 17.6. The van der Waals surface area contributed by atoms with Gasteiger partial charge in [0.25, 0.3) is 0 Å². The first-order valence-electron chi connectivity index (χ1n) is 21.4. The van der Waals surface area contributed by atoms with Crippen LogP contribution in [-0.4, -0.2) is 4.57 Å². The van der Waals surface area contributed by atoms with Crippen LogP contribution in [0.4, 0.5) is 0 Å². The smallest absolute Gasteiger partial charge is 0.0541 e. The second kappa shape index (κ2) is 14.5. The minimum atomic E-state index is -0.209. The van der Waals surface area contributed by atoms with Crippen LogP contribution in [0.15, 0.2) is 197 Å². The molecule has 0 spiro atoms. The van der Waals surface area contributed by atoms with E-state index in [1.54, 1.807) is 5.57 Å². The van der Waals surface area contributed by atoms with Gasteiger partial charge >= 0.3 is 0 Å². The SMILES string of the molecule is C=C1C2=C(/C=C\Cc3cc(-c4ccc5c(c4)c4cc(-c6ccccc6)ccc4n5-c4ccc(C5=C(C)C=CC=C=C5)c(C(C)C)c4)ccc3C1(C)C)CC1=C2C=CCC1. The van der Waals surface area contributed by atoms with Crippen LogP contribution >= 0.6 is 0 Å².